The number of nitrogens with one attached hydrogen (secondary N) is 2. The summed E-state index contributed by atoms with van der Waals surface area (Å²) in [5.74, 6) is -1.06. The first-order chi connectivity index (χ1) is 14.5. The molecule has 1 heterocycles. The van der Waals surface area contributed by atoms with Crippen LogP contribution in [0.1, 0.15) is 27.5 Å². The van der Waals surface area contributed by atoms with E-state index in [1.54, 1.807) is 47.3 Å². The number of halogens is 2. The zero-order valence-corrected chi connectivity index (χ0v) is 16.5. The molecule has 0 unspecified atom stereocenters. The molecule has 1 aliphatic rings. The molecule has 5 nitrogen and oxygen atoms in total. The van der Waals surface area contributed by atoms with Gasteiger partial charge in [0.1, 0.15) is 5.82 Å². The number of carbonyl (C=O) groups excluding carboxylic acids is 2. The van der Waals surface area contributed by atoms with Crippen molar-refractivity contribution in [2.75, 3.05) is 0 Å². The fourth-order valence-electron chi connectivity index (χ4n) is 3.37. The lowest BCUT2D eigenvalue weighted by Gasteiger charge is -2.14. The quantitative estimate of drug-likeness (QED) is 0.632. The molecule has 4 rings (SSSR count). The Morgan fingerprint density at radius 2 is 1.67 bits per heavy atom. The lowest BCUT2D eigenvalue weighted by molar-refractivity contribution is -0.596. The predicted molar refractivity (Wildman–Crippen MR) is 112 cm³/mol. The normalized spacial score (nSPS) is 19.5. The summed E-state index contributed by atoms with van der Waals surface area (Å²) in [6, 6.07) is 20.4. The molecule has 0 spiro atoms. The summed E-state index contributed by atoms with van der Waals surface area (Å²) >= 11 is 5.89. The van der Waals surface area contributed by atoms with Gasteiger partial charge in [0.25, 0.3) is 5.91 Å². The Bertz CT molecular complexity index is 1100. The molecule has 150 valence electrons. The average Bonchev–Trinajstić information content (AvgIpc) is 3.05. The van der Waals surface area contributed by atoms with Crippen LogP contribution in [0, 0.1) is 5.82 Å². The highest BCUT2D eigenvalue weighted by Gasteiger charge is 2.47. The van der Waals surface area contributed by atoms with E-state index in [1.807, 2.05) is 30.3 Å². The first kappa shape index (κ1) is 19.8. The third-order valence-electron chi connectivity index (χ3n) is 4.83. The van der Waals surface area contributed by atoms with E-state index in [9.17, 15) is 14.0 Å². The third kappa shape index (κ3) is 4.23. The number of rotatable bonds is 4. The smallest absolute Gasteiger partial charge is 0.304 e. The number of carbonyl (C=O) groups is 2. The van der Waals surface area contributed by atoms with Crippen LogP contribution >= 0.6 is 11.6 Å². The zero-order valence-electron chi connectivity index (χ0n) is 15.8. The summed E-state index contributed by atoms with van der Waals surface area (Å²) in [4.78, 5) is 25.5. The van der Waals surface area contributed by atoms with Gasteiger partial charge < -0.3 is 5.32 Å². The first-order valence-electron chi connectivity index (χ1n) is 9.32. The monoisotopic (exact) mass is 422 g/mol. The van der Waals surface area contributed by atoms with E-state index in [0.29, 0.717) is 16.1 Å². The minimum atomic E-state index is -0.827. The molecular weight excluding hydrogens is 405 g/mol. The van der Waals surface area contributed by atoms with Crippen molar-refractivity contribution in [1.82, 2.24) is 10.7 Å². The third-order valence-corrected chi connectivity index (χ3v) is 5.08. The molecule has 0 aliphatic carbocycles. The number of amides is 2. The van der Waals surface area contributed by atoms with Crippen LogP contribution in [0.4, 0.5) is 4.39 Å². The van der Waals surface area contributed by atoms with Gasteiger partial charge in [-0.25, -0.2) is 4.39 Å². The SMILES string of the molecule is O=C(N[C@H]1C(=O)N/[N+](=C\c2ccc(F)cc2)[C@@H]1c1ccccc1)c1ccc(Cl)cc1. The molecule has 2 N–H and O–H groups in total. The maximum Gasteiger partial charge on any atom is 0.304 e. The highest BCUT2D eigenvalue weighted by atomic mass is 35.5. The molecule has 1 aliphatic heterocycles. The summed E-state index contributed by atoms with van der Waals surface area (Å²) in [6.07, 6.45) is 1.71. The highest BCUT2D eigenvalue weighted by molar-refractivity contribution is 6.30. The van der Waals surface area contributed by atoms with Gasteiger partial charge in [-0.2, -0.15) is 0 Å². The number of hydrazone groups is 1. The topological polar surface area (TPSA) is 61.2 Å². The van der Waals surface area contributed by atoms with E-state index in [4.69, 9.17) is 11.6 Å². The summed E-state index contributed by atoms with van der Waals surface area (Å²) in [6.45, 7) is 0. The molecule has 3 aromatic carbocycles. The Balaban J connectivity index is 1.68. The molecule has 0 saturated carbocycles. The lowest BCUT2D eigenvalue weighted by Crippen LogP contribution is -2.42. The second-order valence-corrected chi connectivity index (χ2v) is 7.31. The summed E-state index contributed by atoms with van der Waals surface area (Å²) in [7, 11) is 0. The van der Waals surface area contributed by atoms with Crippen LogP contribution in [0.25, 0.3) is 0 Å². The van der Waals surface area contributed by atoms with Gasteiger partial charge in [-0.3, -0.25) is 9.59 Å². The van der Waals surface area contributed by atoms with E-state index >= 15 is 0 Å². The number of nitrogens with zero attached hydrogens (tertiary/aromatic N) is 1. The Kier molecular flexibility index (Phi) is 5.59. The Morgan fingerprint density at radius 3 is 2.33 bits per heavy atom. The molecule has 0 bridgehead atoms. The van der Waals surface area contributed by atoms with Gasteiger partial charge in [0, 0.05) is 21.7 Å². The number of hydrogen-bond acceptors (Lipinski definition) is 2. The van der Waals surface area contributed by atoms with Crippen molar-refractivity contribution in [3.8, 4) is 0 Å². The van der Waals surface area contributed by atoms with Crippen molar-refractivity contribution in [2.24, 2.45) is 0 Å². The van der Waals surface area contributed by atoms with E-state index in [-0.39, 0.29) is 17.6 Å². The van der Waals surface area contributed by atoms with Crippen LogP contribution in [-0.4, -0.2) is 28.8 Å². The van der Waals surface area contributed by atoms with Gasteiger partial charge in [-0.15, -0.1) is 10.1 Å². The van der Waals surface area contributed by atoms with Crippen molar-refractivity contribution in [1.29, 1.82) is 0 Å². The number of benzene rings is 3. The second kappa shape index (κ2) is 8.47. The molecule has 1 fully saturated rings. The average molecular weight is 423 g/mol. The molecule has 1 saturated heterocycles. The zero-order chi connectivity index (χ0) is 21.1. The van der Waals surface area contributed by atoms with Gasteiger partial charge in [0.2, 0.25) is 12.3 Å². The van der Waals surface area contributed by atoms with Crippen molar-refractivity contribution in [3.63, 3.8) is 0 Å². The van der Waals surface area contributed by atoms with Gasteiger partial charge in [0.05, 0.1) is 0 Å². The molecule has 7 heteroatoms. The van der Waals surface area contributed by atoms with Crippen molar-refractivity contribution in [2.45, 2.75) is 12.1 Å². The standard InChI is InChI=1S/C23H17ClFN3O2/c24-18-10-8-17(9-11-18)22(29)26-20-21(16-4-2-1-3-5-16)28(27-23(20)30)14-15-6-12-19(25)13-7-15/h1-14,20-21H,(H-,26,27,29,30)/p+1/b28-14-/t20-,21-/m1/s1. The van der Waals surface area contributed by atoms with E-state index in [0.717, 1.165) is 5.56 Å². The Labute approximate surface area is 177 Å². The fourth-order valence-corrected chi connectivity index (χ4v) is 3.49. The number of hydrazine groups is 1. The van der Waals surface area contributed by atoms with Crippen LogP contribution in [0.2, 0.25) is 5.02 Å². The molecule has 0 aromatic heterocycles. The van der Waals surface area contributed by atoms with Gasteiger partial charge in [-0.1, -0.05) is 41.9 Å². The van der Waals surface area contributed by atoms with Crippen LogP contribution in [0.15, 0.2) is 78.9 Å². The molecule has 3 aromatic rings. The number of hydrogen-bond donors (Lipinski definition) is 2. The van der Waals surface area contributed by atoms with E-state index in [1.165, 1.54) is 12.1 Å². The first-order valence-corrected chi connectivity index (χ1v) is 9.70. The van der Waals surface area contributed by atoms with Crippen LogP contribution < -0.4 is 10.7 Å². The summed E-state index contributed by atoms with van der Waals surface area (Å²) < 4.78 is 14.9. The summed E-state index contributed by atoms with van der Waals surface area (Å²) in [5, 5.41) is 3.34. The van der Waals surface area contributed by atoms with Crippen molar-refractivity contribution in [3.05, 3.63) is 106 Å². The van der Waals surface area contributed by atoms with Gasteiger partial charge in [0.15, 0.2) is 6.04 Å². The highest BCUT2D eigenvalue weighted by Crippen LogP contribution is 2.25. The van der Waals surface area contributed by atoms with E-state index < -0.39 is 12.1 Å². The lowest BCUT2D eigenvalue weighted by atomic mass is 10.00. The van der Waals surface area contributed by atoms with Crippen molar-refractivity contribution >= 4 is 29.6 Å². The van der Waals surface area contributed by atoms with Crippen LogP contribution in [-0.2, 0) is 4.79 Å². The summed E-state index contributed by atoms with van der Waals surface area (Å²) in [5.41, 5.74) is 4.75. The second-order valence-electron chi connectivity index (χ2n) is 6.88. The fraction of sp³-hybridized carbons (Fsp3) is 0.0870. The minimum absolute atomic E-state index is 0.342. The largest absolute Gasteiger partial charge is 0.334 e. The van der Waals surface area contributed by atoms with Gasteiger partial charge >= 0.3 is 5.91 Å². The molecular formula is C23H18ClFN3O2+. The van der Waals surface area contributed by atoms with E-state index in [2.05, 4.69) is 10.7 Å². The maximum absolute atomic E-state index is 13.2. The minimum Gasteiger partial charge on any atom is -0.334 e. The molecule has 2 atom stereocenters. The maximum atomic E-state index is 13.2. The van der Waals surface area contributed by atoms with Crippen molar-refractivity contribution < 1.29 is 18.7 Å². The molecule has 0 radical (unpaired) electrons. The van der Waals surface area contributed by atoms with Gasteiger partial charge in [-0.05, 0) is 48.5 Å². The Hall–Kier alpha value is -3.51. The predicted octanol–water partition coefficient (Wildman–Crippen LogP) is 3.50. The van der Waals surface area contributed by atoms with Crippen LogP contribution in [0.5, 0.6) is 0 Å². The van der Waals surface area contributed by atoms with Crippen LogP contribution in [0.3, 0.4) is 0 Å². The Morgan fingerprint density at radius 1 is 1.00 bits per heavy atom. The molecule has 30 heavy (non-hydrogen) atoms. The molecule has 2 amide bonds.